The molecule has 0 aliphatic carbocycles. The van der Waals surface area contributed by atoms with Crippen molar-refractivity contribution in [2.75, 3.05) is 7.11 Å². The molecule has 0 bridgehead atoms. The molecule has 0 spiro atoms. The average molecular weight is 262 g/mol. The molecule has 1 heterocycles. The van der Waals surface area contributed by atoms with Gasteiger partial charge in [-0.15, -0.1) is 11.3 Å². The predicted molar refractivity (Wildman–Crippen MR) is 75.3 cm³/mol. The first-order chi connectivity index (χ1) is 8.69. The maximum absolute atomic E-state index is 10.1. The van der Waals surface area contributed by atoms with Crippen molar-refractivity contribution in [3.8, 4) is 5.75 Å². The van der Waals surface area contributed by atoms with Crippen LogP contribution < -0.4 is 4.74 Å². The second kappa shape index (κ2) is 6.03. The van der Waals surface area contributed by atoms with E-state index in [0.717, 1.165) is 23.5 Å². The van der Waals surface area contributed by atoms with Crippen molar-refractivity contribution in [1.82, 2.24) is 0 Å². The number of hydrogen-bond acceptors (Lipinski definition) is 3. The van der Waals surface area contributed by atoms with E-state index in [2.05, 4.69) is 13.0 Å². The zero-order valence-corrected chi connectivity index (χ0v) is 11.5. The summed E-state index contributed by atoms with van der Waals surface area (Å²) in [7, 11) is 1.66. The molecule has 2 rings (SSSR count). The van der Waals surface area contributed by atoms with Gasteiger partial charge < -0.3 is 9.84 Å². The Balaban J connectivity index is 1.90. The molecule has 1 aromatic heterocycles. The third-order valence-electron chi connectivity index (χ3n) is 2.96. The van der Waals surface area contributed by atoms with Crippen LogP contribution in [0, 0.1) is 6.92 Å². The Morgan fingerprint density at radius 2 is 1.89 bits per heavy atom. The van der Waals surface area contributed by atoms with Crippen molar-refractivity contribution in [3.05, 3.63) is 51.7 Å². The summed E-state index contributed by atoms with van der Waals surface area (Å²) in [5.41, 5.74) is 1.23. The summed E-state index contributed by atoms with van der Waals surface area (Å²) in [6, 6.07) is 12.1. The Bertz CT molecular complexity index is 487. The van der Waals surface area contributed by atoms with Crippen molar-refractivity contribution in [2.45, 2.75) is 25.9 Å². The van der Waals surface area contributed by atoms with Crippen LogP contribution in [0.3, 0.4) is 0 Å². The summed E-state index contributed by atoms with van der Waals surface area (Å²) in [5.74, 6) is 0.869. The number of aliphatic hydroxyl groups is 1. The quantitative estimate of drug-likeness (QED) is 0.889. The van der Waals surface area contributed by atoms with Crippen molar-refractivity contribution < 1.29 is 9.84 Å². The highest BCUT2D eigenvalue weighted by Gasteiger charge is 2.09. The minimum atomic E-state index is -0.356. The summed E-state index contributed by atoms with van der Waals surface area (Å²) >= 11 is 1.67. The van der Waals surface area contributed by atoms with Crippen LogP contribution in [0.15, 0.2) is 36.4 Å². The van der Waals surface area contributed by atoms with E-state index in [0.29, 0.717) is 0 Å². The van der Waals surface area contributed by atoms with Crippen LogP contribution in [-0.4, -0.2) is 12.2 Å². The van der Waals surface area contributed by atoms with Crippen LogP contribution in [-0.2, 0) is 6.42 Å². The maximum atomic E-state index is 10.1. The largest absolute Gasteiger partial charge is 0.497 e. The van der Waals surface area contributed by atoms with Gasteiger partial charge in [0.15, 0.2) is 0 Å². The van der Waals surface area contributed by atoms with Crippen LogP contribution in [0.5, 0.6) is 5.75 Å². The van der Waals surface area contributed by atoms with Gasteiger partial charge in [0, 0.05) is 9.75 Å². The topological polar surface area (TPSA) is 29.5 Å². The molecule has 2 nitrogen and oxygen atoms in total. The number of benzene rings is 1. The van der Waals surface area contributed by atoms with Crippen LogP contribution >= 0.6 is 11.3 Å². The molecule has 1 atom stereocenters. The number of rotatable bonds is 5. The van der Waals surface area contributed by atoms with Gasteiger partial charge in [0.25, 0.3) is 0 Å². The molecule has 0 saturated carbocycles. The molecule has 1 unspecified atom stereocenters. The fourth-order valence-electron chi connectivity index (χ4n) is 1.87. The lowest BCUT2D eigenvalue weighted by Gasteiger charge is -2.08. The molecule has 3 heteroatoms. The van der Waals surface area contributed by atoms with Crippen molar-refractivity contribution in [3.63, 3.8) is 0 Å². The Kier molecular flexibility index (Phi) is 4.39. The van der Waals surface area contributed by atoms with E-state index in [9.17, 15) is 5.11 Å². The minimum Gasteiger partial charge on any atom is -0.497 e. The second-order valence-corrected chi connectivity index (χ2v) is 5.67. The summed E-state index contributed by atoms with van der Waals surface area (Å²) < 4.78 is 5.12. The Hall–Kier alpha value is -1.32. The molecule has 2 aromatic rings. The number of thiophene rings is 1. The Morgan fingerprint density at radius 3 is 2.44 bits per heavy atom. The molecule has 0 aliphatic rings. The number of methoxy groups -OCH3 is 1. The Morgan fingerprint density at radius 1 is 1.17 bits per heavy atom. The van der Waals surface area contributed by atoms with Gasteiger partial charge in [-0.2, -0.15) is 0 Å². The minimum absolute atomic E-state index is 0.356. The van der Waals surface area contributed by atoms with E-state index in [1.165, 1.54) is 10.4 Å². The normalized spacial score (nSPS) is 12.4. The number of ether oxygens (including phenoxy) is 1. The van der Waals surface area contributed by atoms with Gasteiger partial charge in [-0.25, -0.2) is 0 Å². The van der Waals surface area contributed by atoms with Gasteiger partial charge in [-0.05, 0) is 49.6 Å². The summed E-state index contributed by atoms with van der Waals surface area (Å²) in [4.78, 5) is 2.30. The van der Waals surface area contributed by atoms with Gasteiger partial charge >= 0.3 is 0 Å². The van der Waals surface area contributed by atoms with Gasteiger partial charge in [-0.3, -0.25) is 0 Å². The fourth-order valence-corrected chi connectivity index (χ4v) is 2.77. The average Bonchev–Trinajstić information content (AvgIpc) is 2.83. The number of hydrogen-bond donors (Lipinski definition) is 1. The number of aliphatic hydroxyl groups excluding tert-OH is 1. The smallest absolute Gasteiger partial charge is 0.118 e. The van der Waals surface area contributed by atoms with Gasteiger partial charge in [-0.1, -0.05) is 12.1 Å². The zero-order valence-electron chi connectivity index (χ0n) is 10.7. The second-order valence-electron chi connectivity index (χ2n) is 4.35. The van der Waals surface area contributed by atoms with Crippen molar-refractivity contribution >= 4 is 11.3 Å². The standard InChI is InChI=1S/C15H18O2S/c1-11-3-10-15(18-11)14(16)9-6-12-4-7-13(17-2)8-5-12/h3-5,7-8,10,14,16H,6,9H2,1-2H3. The van der Waals surface area contributed by atoms with E-state index in [4.69, 9.17) is 4.74 Å². The molecule has 0 radical (unpaired) electrons. The van der Waals surface area contributed by atoms with E-state index in [1.807, 2.05) is 30.3 Å². The molecule has 1 aromatic carbocycles. The molecular weight excluding hydrogens is 244 g/mol. The third kappa shape index (κ3) is 3.34. The number of aryl methyl sites for hydroxylation is 2. The van der Waals surface area contributed by atoms with Crippen LogP contribution in [0.25, 0.3) is 0 Å². The van der Waals surface area contributed by atoms with Crippen molar-refractivity contribution in [2.24, 2.45) is 0 Å². The van der Waals surface area contributed by atoms with Crippen LogP contribution in [0.4, 0.5) is 0 Å². The third-order valence-corrected chi connectivity index (χ3v) is 4.06. The van der Waals surface area contributed by atoms with Crippen molar-refractivity contribution in [1.29, 1.82) is 0 Å². The first-order valence-electron chi connectivity index (χ1n) is 6.06. The van der Waals surface area contributed by atoms with Gasteiger partial charge in [0.2, 0.25) is 0 Å². The molecule has 1 N–H and O–H groups in total. The molecule has 0 aliphatic heterocycles. The van der Waals surface area contributed by atoms with E-state index >= 15 is 0 Å². The molecule has 18 heavy (non-hydrogen) atoms. The lowest BCUT2D eigenvalue weighted by molar-refractivity contribution is 0.171. The molecule has 0 saturated heterocycles. The van der Waals surface area contributed by atoms with Crippen LogP contribution in [0.2, 0.25) is 0 Å². The molecular formula is C15H18O2S. The highest BCUT2D eigenvalue weighted by molar-refractivity contribution is 7.12. The summed E-state index contributed by atoms with van der Waals surface area (Å²) in [6.45, 7) is 2.06. The molecule has 0 fully saturated rings. The molecule has 96 valence electrons. The lowest BCUT2D eigenvalue weighted by atomic mass is 10.1. The lowest BCUT2D eigenvalue weighted by Crippen LogP contribution is -1.97. The van der Waals surface area contributed by atoms with Gasteiger partial charge in [0.05, 0.1) is 13.2 Å². The summed E-state index contributed by atoms with van der Waals surface area (Å²) in [6.07, 6.45) is 1.28. The molecule has 0 amide bonds. The van der Waals surface area contributed by atoms with E-state index in [-0.39, 0.29) is 6.10 Å². The zero-order chi connectivity index (χ0) is 13.0. The highest BCUT2D eigenvalue weighted by Crippen LogP contribution is 2.26. The van der Waals surface area contributed by atoms with Gasteiger partial charge in [0.1, 0.15) is 5.75 Å². The first-order valence-corrected chi connectivity index (χ1v) is 6.88. The summed E-state index contributed by atoms with van der Waals surface area (Å²) in [5, 5.41) is 10.1. The Labute approximate surface area is 112 Å². The first kappa shape index (κ1) is 13.1. The fraction of sp³-hybridized carbons (Fsp3) is 0.333. The monoisotopic (exact) mass is 262 g/mol. The highest BCUT2D eigenvalue weighted by atomic mass is 32.1. The van der Waals surface area contributed by atoms with Crippen LogP contribution in [0.1, 0.15) is 27.8 Å². The SMILES string of the molecule is COc1ccc(CCC(O)c2ccc(C)s2)cc1. The van der Waals surface area contributed by atoms with E-state index in [1.54, 1.807) is 18.4 Å². The maximum Gasteiger partial charge on any atom is 0.118 e. The van der Waals surface area contributed by atoms with E-state index < -0.39 is 0 Å². The predicted octanol–water partition coefficient (Wildman–Crippen LogP) is 3.73.